The molecule has 0 heterocycles. The highest BCUT2D eigenvalue weighted by atomic mass is 19.1. The van der Waals surface area contributed by atoms with Crippen LogP contribution < -0.4 is 5.32 Å². The summed E-state index contributed by atoms with van der Waals surface area (Å²) >= 11 is 0. The lowest BCUT2D eigenvalue weighted by Gasteiger charge is -2.05. The molecular weight excluding hydrogens is 285 g/mol. The summed E-state index contributed by atoms with van der Waals surface area (Å²) < 4.78 is 18.4. The normalized spacial score (nSPS) is 10.6. The molecular formula is C17H16FNO3. The Hall–Kier alpha value is -2.82. The van der Waals surface area contributed by atoms with Crippen LogP contribution in [0.5, 0.6) is 5.75 Å². The molecule has 0 aliphatic carbocycles. The van der Waals surface area contributed by atoms with Crippen LogP contribution in [0.4, 0.5) is 9.18 Å². The van der Waals surface area contributed by atoms with E-state index in [1.807, 2.05) is 30.3 Å². The van der Waals surface area contributed by atoms with Crippen LogP contribution >= 0.6 is 0 Å². The van der Waals surface area contributed by atoms with Crippen LogP contribution in [0.25, 0.3) is 6.08 Å². The Balaban J connectivity index is 1.75. The van der Waals surface area contributed by atoms with Gasteiger partial charge in [-0.1, -0.05) is 42.5 Å². The van der Waals surface area contributed by atoms with Crippen molar-refractivity contribution in [3.05, 3.63) is 71.6 Å². The second-order valence-electron chi connectivity index (χ2n) is 4.55. The number of halogens is 1. The molecule has 0 aromatic heterocycles. The van der Waals surface area contributed by atoms with Crippen molar-refractivity contribution in [2.45, 2.75) is 6.61 Å². The summed E-state index contributed by atoms with van der Waals surface area (Å²) in [5.41, 5.74) is 1.15. The Morgan fingerprint density at radius 1 is 1.23 bits per heavy atom. The van der Waals surface area contributed by atoms with Gasteiger partial charge in [0.25, 0.3) is 0 Å². The van der Waals surface area contributed by atoms with E-state index < -0.39 is 11.9 Å². The molecule has 0 atom stereocenters. The quantitative estimate of drug-likeness (QED) is 0.889. The van der Waals surface area contributed by atoms with E-state index in [4.69, 9.17) is 4.74 Å². The van der Waals surface area contributed by atoms with Gasteiger partial charge < -0.3 is 15.2 Å². The van der Waals surface area contributed by atoms with E-state index in [0.717, 1.165) is 5.56 Å². The summed E-state index contributed by atoms with van der Waals surface area (Å²) in [6.45, 7) is 0.389. The average molecular weight is 301 g/mol. The first-order valence-corrected chi connectivity index (χ1v) is 6.75. The molecule has 5 heteroatoms. The van der Waals surface area contributed by atoms with Gasteiger partial charge in [-0.2, -0.15) is 0 Å². The van der Waals surface area contributed by atoms with E-state index in [0.29, 0.717) is 0 Å². The molecule has 2 aromatic carbocycles. The van der Waals surface area contributed by atoms with E-state index in [9.17, 15) is 14.3 Å². The number of amides is 1. The lowest BCUT2D eigenvalue weighted by molar-refractivity contribution is 0.141. The van der Waals surface area contributed by atoms with Crippen LogP contribution in [0, 0.1) is 5.82 Å². The second kappa shape index (κ2) is 7.83. The van der Waals surface area contributed by atoms with Gasteiger partial charge in [0.05, 0.1) is 0 Å². The number of rotatable bonds is 5. The van der Waals surface area contributed by atoms with Crippen LogP contribution in [-0.2, 0) is 11.3 Å². The molecule has 1 amide bonds. The minimum Gasteiger partial charge on any atom is -0.508 e. The summed E-state index contributed by atoms with van der Waals surface area (Å²) in [6, 6.07) is 13.1. The summed E-state index contributed by atoms with van der Waals surface area (Å²) in [5.74, 6) is -0.461. The van der Waals surface area contributed by atoms with Crippen molar-refractivity contribution in [1.29, 1.82) is 0 Å². The third-order valence-corrected chi connectivity index (χ3v) is 2.85. The number of carbonyl (C=O) groups excluding carboxylic acids is 1. The standard InChI is InChI=1S/C17H16FNO3/c18-16-9-8-15(20)11-14(16)7-4-10-19-17(21)22-12-13-5-2-1-3-6-13/h1-9,11,20H,10,12H2,(H,19,21). The largest absolute Gasteiger partial charge is 0.508 e. The number of hydrogen-bond acceptors (Lipinski definition) is 3. The second-order valence-corrected chi connectivity index (χ2v) is 4.55. The van der Waals surface area contributed by atoms with Crippen LogP contribution in [0.15, 0.2) is 54.6 Å². The van der Waals surface area contributed by atoms with Gasteiger partial charge in [0.2, 0.25) is 0 Å². The number of nitrogens with one attached hydrogen (secondary N) is 1. The van der Waals surface area contributed by atoms with E-state index >= 15 is 0 Å². The summed E-state index contributed by atoms with van der Waals surface area (Å²) in [5, 5.41) is 11.8. The summed E-state index contributed by atoms with van der Waals surface area (Å²) in [6.07, 6.45) is 2.50. The lowest BCUT2D eigenvalue weighted by atomic mass is 10.2. The van der Waals surface area contributed by atoms with E-state index in [1.54, 1.807) is 6.08 Å². The Bertz CT molecular complexity index is 656. The molecule has 22 heavy (non-hydrogen) atoms. The minimum atomic E-state index is -0.551. The Labute approximate surface area is 127 Å². The van der Waals surface area contributed by atoms with Gasteiger partial charge in [0.1, 0.15) is 18.2 Å². The number of hydrogen-bond donors (Lipinski definition) is 2. The smallest absolute Gasteiger partial charge is 0.407 e. The van der Waals surface area contributed by atoms with E-state index in [-0.39, 0.29) is 24.5 Å². The van der Waals surface area contributed by atoms with Crippen LogP contribution in [0.3, 0.4) is 0 Å². The molecule has 0 aliphatic rings. The highest BCUT2D eigenvalue weighted by Crippen LogP contribution is 2.16. The van der Waals surface area contributed by atoms with Gasteiger partial charge in [-0.05, 0) is 23.8 Å². The monoisotopic (exact) mass is 301 g/mol. The summed E-state index contributed by atoms with van der Waals surface area (Å²) in [7, 11) is 0. The van der Waals surface area contributed by atoms with Crippen molar-refractivity contribution in [2.75, 3.05) is 6.54 Å². The van der Waals surface area contributed by atoms with Crippen LogP contribution in [0.1, 0.15) is 11.1 Å². The average Bonchev–Trinajstić information content (AvgIpc) is 2.53. The van der Waals surface area contributed by atoms with Gasteiger partial charge in [-0.3, -0.25) is 0 Å². The molecule has 0 spiro atoms. The number of carbonyl (C=O) groups is 1. The zero-order chi connectivity index (χ0) is 15.8. The van der Waals surface area contributed by atoms with Gasteiger partial charge >= 0.3 is 6.09 Å². The van der Waals surface area contributed by atoms with Crippen molar-refractivity contribution in [3.63, 3.8) is 0 Å². The first-order valence-electron chi connectivity index (χ1n) is 6.75. The van der Waals surface area contributed by atoms with Gasteiger partial charge in [-0.15, -0.1) is 0 Å². The first-order chi connectivity index (χ1) is 10.6. The zero-order valence-corrected chi connectivity index (χ0v) is 11.8. The minimum absolute atomic E-state index is 0.0173. The van der Waals surface area contributed by atoms with Gasteiger partial charge in [0.15, 0.2) is 0 Å². The molecule has 0 unspecified atom stereocenters. The van der Waals surface area contributed by atoms with Gasteiger partial charge in [0, 0.05) is 12.1 Å². The van der Waals surface area contributed by atoms with Crippen molar-refractivity contribution in [3.8, 4) is 5.75 Å². The molecule has 0 saturated carbocycles. The Morgan fingerprint density at radius 3 is 2.77 bits per heavy atom. The van der Waals surface area contributed by atoms with E-state index in [2.05, 4.69) is 5.32 Å². The number of phenols is 1. The third kappa shape index (κ3) is 4.94. The van der Waals surface area contributed by atoms with Crippen molar-refractivity contribution >= 4 is 12.2 Å². The zero-order valence-electron chi connectivity index (χ0n) is 11.8. The SMILES string of the molecule is O=C(NCC=Cc1cc(O)ccc1F)OCc1ccccc1. The molecule has 2 rings (SSSR count). The van der Waals surface area contributed by atoms with Crippen molar-refractivity contribution < 1.29 is 19.0 Å². The molecule has 0 fully saturated rings. The van der Waals surface area contributed by atoms with Crippen LogP contribution in [-0.4, -0.2) is 17.7 Å². The molecule has 0 bridgehead atoms. The summed E-state index contributed by atoms with van der Waals surface area (Å²) in [4.78, 5) is 11.5. The van der Waals surface area contributed by atoms with Crippen molar-refractivity contribution in [2.24, 2.45) is 0 Å². The Morgan fingerprint density at radius 2 is 2.00 bits per heavy atom. The number of phenolic OH excluding ortho intramolecular Hbond substituents is 1. The number of ether oxygens (including phenoxy) is 1. The molecule has 2 aromatic rings. The van der Waals surface area contributed by atoms with Gasteiger partial charge in [-0.25, -0.2) is 9.18 Å². The molecule has 2 N–H and O–H groups in total. The molecule has 4 nitrogen and oxygen atoms in total. The number of benzene rings is 2. The van der Waals surface area contributed by atoms with Crippen molar-refractivity contribution in [1.82, 2.24) is 5.32 Å². The predicted octanol–water partition coefficient (Wildman–Crippen LogP) is 3.47. The Kier molecular flexibility index (Phi) is 5.54. The topological polar surface area (TPSA) is 58.6 Å². The molecule has 0 saturated heterocycles. The fourth-order valence-electron chi connectivity index (χ4n) is 1.76. The predicted molar refractivity (Wildman–Crippen MR) is 81.7 cm³/mol. The highest BCUT2D eigenvalue weighted by molar-refractivity contribution is 5.67. The maximum Gasteiger partial charge on any atom is 0.407 e. The van der Waals surface area contributed by atoms with Crippen LogP contribution in [0.2, 0.25) is 0 Å². The molecule has 114 valence electrons. The number of aromatic hydroxyl groups is 1. The maximum absolute atomic E-state index is 13.4. The lowest BCUT2D eigenvalue weighted by Crippen LogP contribution is -2.24. The van der Waals surface area contributed by atoms with E-state index in [1.165, 1.54) is 24.3 Å². The highest BCUT2D eigenvalue weighted by Gasteiger charge is 2.01. The molecule has 0 radical (unpaired) electrons. The third-order valence-electron chi connectivity index (χ3n) is 2.85. The number of alkyl carbamates (subject to hydrolysis) is 1. The molecule has 0 aliphatic heterocycles. The maximum atomic E-state index is 13.4. The first kappa shape index (κ1) is 15.6. The fraction of sp³-hybridized carbons (Fsp3) is 0.118. The fourth-order valence-corrected chi connectivity index (χ4v) is 1.76.